The van der Waals surface area contributed by atoms with Crippen molar-refractivity contribution in [3.05, 3.63) is 34.3 Å². The molecule has 0 saturated carbocycles. The van der Waals surface area contributed by atoms with Gasteiger partial charge in [-0.2, -0.15) is 0 Å². The number of hydrogen-bond donors (Lipinski definition) is 2. The van der Waals surface area contributed by atoms with E-state index in [1.165, 1.54) is 6.42 Å². The minimum absolute atomic E-state index is 0.184. The highest BCUT2D eigenvalue weighted by atomic mass is 32.1. The lowest BCUT2D eigenvalue weighted by molar-refractivity contribution is -0.0110. The first-order chi connectivity index (χ1) is 12.7. The molecule has 8 heteroatoms. The summed E-state index contributed by atoms with van der Waals surface area (Å²) in [5.41, 5.74) is 0.718. The number of nitrogens with zero attached hydrogens (tertiary/aromatic N) is 2. The first kappa shape index (κ1) is 18.6. The van der Waals surface area contributed by atoms with Crippen LogP contribution in [0.2, 0.25) is 0 Å². The summed E-state index contributed by atoms with van der Waals surface area (Å²) >= 11 is 1.54. The van der Waals surface area contributed by atoms with E-state index in [0.29, 0.717) is 19.6 Å². The molecular weight excluding hydrogens is 352 g/mol. The summed E-state index contributed by atoms with van der Waals surface area (Å²) in [6.45, 7) is 3.82. The molecule has 1 fully saturated rings. The third-order valence-corrected chi connectivity index (χ3v) is 4.91. The zero-order chi connectivity index (χ0) is 18.2. The number of anilines is 1. The lowest BCUT2D eigenvalue weighted by Gasteiger charge is -2.22. The third-order valence-electron chi connectivity index (χ3n) is 4.01. The second-order valence-electron chi connectivity index (χ2n) is 6.17. The number of ether oxygens (including phenoxy) is 2. The van der Waals surface area contributed by atoms with Crippen LogP contribution in [0.4, 0.5) is 10.5 Å². The van der Waals surface area contributed by atoms with Crippen molar-refractivity contribution < 1.29 is 14.3 Å². The highest BCUT2D eigenvalue weighted by molar-refractivity contribution is 7.11. The van der Waals surface area contributed by atoms with Crippen molar-refractivity contribution in [2.24, 2.45) is 0 Å². The van der Waals surface area contributed by atoms with Gasteiger partial charge >= 0.3 is 6.03 Å². The normalized spacial score (nSPS) is 16.9. The minimum atomic E-state index is -0.240. The van der Waals surface area contributed by atoms with Gasteiger partial charge in [0, 0.05) is 25.3 Å². The Labute approximate surface area is 157 Å². The molecule has 140 valence electrons. The maximum Gasteiger partial charge on any atom is 0.319 e. The number of nitrogens with one attached hydrogen (secondary N) is 2. The zero-order valence-electron chi connectivity index (χ0n) is 14.9. The van der Waals surface area contributed by atoms with Crippen LogP contribution >= 0.6 is 11.3 Å². The topological polar surface area (TPSA) is 85.4 Å². The van der Waals surface area contributed by atoms with Crippen LogP contribution in [0.5, 0.6) is 5.75 Å². The minimum Gasteiger partial charge on any atom is -0.491 e. The van der Waals surface area contributed by atoms with Crippen LogP contribution in [0, 0.1) is 6.92 Å². The van der Waals surface area contributed by atoms with E-state index in [9.17, 15) is 4.79 Å². The van der Waals surface area contributed by atoms with Crippen molar-refractivity contribution in [3.8, 4) is 5.75 Å². The molecule has 2 heterocycles. The van der Waals surface area contributed by atoms with Gasteiger partial charge in [-0.15, -0.1) is 21.5 Å². The van der Waals surface area contributed by atoms with Crippen molar-refractivity contribution in [1.29, 1.82) is 0 Å². The van der Waals surface area contributed by atoms with Crippen LogP contribution in [-0.4, -0.2) is 42.1 Å². The highest BCUT2D eigenvalue weighted by Gasteiger charge is 2.14. The lowest BCUT2D eigenvalue weighted by atomic mass is 10.1. The fourth-order valence-corrected chi connectivity index (χ4v) is 3.37. The third kappa shape index (κ3) is 5.96. The van der Waals surface area contributed by atoms with E-state index in [1.54, 1.807) is 11.3 Å². The molecule has 1 aromatic carbocycles. The smallest absolute Gasteiger partial charge is 0.319 e. The number of aryl methyl sites for hydroxylation is 1. The van der Waals surface area contributed by atoms with E-state index < -0.39 is 0 Å². The molecule has 1 aliphatic rings. The van der Waals surface area contributed by atoms with E-state index in [4.69, 9.17) is 9.47 Å². The van der Waals surface area contributed by atoms with Crippen molar-refractivity contribution in [2.75, 3.05) is 25.1 Å². The standard InChI is InChI=1S/C18H24N4O3S/c1-13-21-22-17(26-13)9-10-19-18(23)20-14-5-7-15(8-6-14)25-12-16-4-2-3-11-24-16/h5-8,16H,2-4,9-12H2,1H3,(H2,19,20,23). The summed E-state index contributed by atoms with van der Waals surface area (Å²) in [5, 5.41) is 15.5. The molecule has 1 aliphatic heterocycles. The molecule has 7 nitrogen and oxygen atoms in total. The fourth-order valence-electron chi connectivity index (χ4n) is 2.66. The Balaban J connectivity index is 1.36. The predicted octanol–water partition coefficient (Wildman–Crippen LogP) is 3.16. The Morgan fingerprint density at radius 3 is 2.85 bits per heavy atom. The van der Waals surface area contributed by atoms with E-state index in [-0.39, 0.29) is 12.1 Å². The molecule has 1 atom stereocenters. The first-order valence-corrected chi connectivity index (χ1v) is 9.69. The first-order valence-electron chi connectivity index (χ1n) is 8.87. The van der Waals surface area contributed by atoms with Crippen molar-refractivity contribution in [1.82, 2.24) is 15.5 Å². The molecule has 0 aliphatic carbocycles. The molecule has 2 aromatic rings. The van der Waals surface area contributed by atoms with Gasteiger partial charge in [-0.25, -0.2) is 4.79 Å². The average molecular weight is 376 g/mol. The number of hydrogen-bond acceptors (Lipinski definition) is 6. The van der Waals surface area contributed by atoms with Crippen molar-refractivity contribution >= 4 is 23.1 Å². The summed E-state index contributed by atoms with van der Waals surface area (Å²) in [7, 11) is 0. The van der Waals surface area contributed by atoms with Crippen LogP contribution in [0.1, 0.15) is 29.3 Å². The fraction of sp³-hybridized carbons (Fsp3) is 0.500. The molecule has 0 spiro atoms. The van der Waals surface area contributed by atoms with E-state index in [2.05, 4.69) is 20.8 Å². The molecular formula is C18H24N4O3S. The molecule has 1 unspecified atom stereocenters. The molecule has 2 N–H and O–H groups in total. The Kier molecular flexibility index (Phi) is 6.79. The maximum atomic E-state index is 11.9. The van der Waals surface area contributed by atoms with Crippen LogP contribution < -0.4 is 15.4 Å². The zero-order valence-corrected chi connectivity index (χ0v) is 15.7. The van der Waals surface area contributed by atoms with Gasteiger partial charge in [0.2, 0.25) is 0 Å². The van der Waals surface area contributed by atoms with Gasteiger partial charge in [0.1, 0.15) is 22.4 Å². The quantitative estimate of drug-likeness (QED) is 0.775. The number of amides is 2. The number of carbonyl (C=O) groups is 1. The average Bonchev–Trinajstić information content (AvgIpc) is 3.07. The Bertz CT molecular complexity index is 699. The molecule has 0 radical (unpaired) electrons. The molecule has 1 aromatic heterocycles. The van der Waals surface area contributed by atoms with Gasteiger partial charge in [-0.1, -0.05) is 0 Å². The second kappa shape index (κ2) is 9.49. The Hall–Kier alpha value is -2.19. The van der Waals surface area contributed by atoms with Crippen LogP contribution in [0.15, 0.2) is 24.3 Å². The molecule has 2 amide bonds. The Morgan fingerprint density at radius 1 is 1.31 bits per heavy atom. The van der Waals surface area contributed by atoms with Gasteiger partial charge in [0.25, 0.3) is 0 Å². The maximum absolute atomic E-state index is 11.9. The van der Waals surface area contributed by atoms with Gasteiger partial charge in [0.05, 0.1) is 6.10 Å². The monoisotopic (exact) mass is 376 g/mol. The number of benzene rings is 1. The molecule has 3 rings (SSSR count). The second-order valence-corrected chi connectivity index (χ2v) is 7.44. The number of carbonyl (C=O) groups excluding carboxylic acids is 1. The van der Waals surface area contributed by atoms with Gasteiger partial charge < -0.3 is 20.1 Å². The SMILES string of the molecule is Cc1nnc(CCNC(=O)Nc2ccc(OCC3CCCCO3)cc2)s1. The van der Waals surface area contributed by atoms with Crippen LogP contribution in [0.3, 0.4) is 0 Å². The summed E-state index contributed by atoms with van der Waals surface area (Å²) in [5.74, 6) is 0.775. The lowest BCUT2D eigenvalue weighted by Crippen LogP contribution is -2.30. The van der Waals surface area contributed by atoms with E-state index >= 15 is 0 Å². The van der Waals surface area contributed by atoms with Crippen molar-refractivity contribution in [2.45, 2.75) is 38.7 Å². The van der Waals surface area contributed by atoms with Crippen LogP contribution in [0.25, 0.3) is 0 Å². The number of rotatable bonds is 7. The molecule has 0 bridgehead atoms. The van der Waals surface area contributed by atoms with Crippen LogP contribution in [-0.2, 0) is 11.2 Å². The number of aromatic nitrogens is 2. The summed E-state index contributed by atoms with van der Waals surface area (Å²) in [6.07, 6.45) is 4.25. The summed E-state index contributed by atoms with van der Waals surface area (Å²) in [6, 6.07) is 7.11. The largest absolute Gasteiger partial charge is 0.491 e. The van der Waals surface area contributed by atoms with Gasteiger partial charge in [-0.05, 0) is 50.5 Å². The van der Waals surface area contributed by atoms with Gasteiger partial charge in [0.15, 0.2) is 0 Å². The molecule has 1 saturated heterocycles. The van der Waals surface area contributed by atoms with E-state index in [0.717, 1.165) is 40.9 Å². The Morgan fingerprint density at radius 2 is 2.15 bits per heavy atom. The van der Waals surface area contributed by atoms with Crippen molar-refractivity contribution in [3.63, 3.8) is 0 Å². The van der Waals surface area contributed by atoms with E-state index in [1.807, 2.05) is 31.2 Å². The number of urea groups is 1. The highest BCUT2D eigenvalue weighted by Crippen LogP contribution is 2.18. The predicted molar refractivity (Wildman–Crippen MR) is 101 cm³/mol. The summed E-state index contributed by atoms with van der Waals surface area (Å²) < 4.78 is 11.4. The van der Waals surface area contributed by atoms with Gasteiger partial charge in [-0.3, -0.25) is 0 Å². The summed E-state index contributed by atoms with van der Waals surface area (Å²) in [4.78, 5) is 11.9. The molecule has 26 heavy (non-hydrogen) atoms.